The fourth-order valence-corrected chi connectivity index (χ4v) is 3.43. The predicted octanol–water partition coefficient (Wildman–Crippen LogP) is 2.76. The molecule has 0 saturated heterocycles. The molecule has 2 aromatic rings. The Balaban J connectivity index is 1.51. The van der Waals surface area contributed by atoms with Gasteiger partial charge in [-0.15, -0.1) is 0 Å². The lowest BCUT2D eigenvalue weighted by Gasteiger charge is -2.30. The minimum atomic E-state index is 0.00197. The highest BCUT2D eigenvalue weighted by atomic mass is 16.1. The second-order valence-corrected chi connectivity index (χ2v) is 7.74. The minimum absolute atomic E-state index is 0.00197. The summed E-state index contributed by atoms with van der Waals surface area (Å²) in [5.74, 6) is 1.56. The van der Waals surface area contributed by atoms with E-state index in [1.54, 1.807) is 6.20 Å². The molecule has 0 unspecified atom stereocenters. The molecule has 1 aromatic heterocycles. The standard InChI is InChI=1S/C21H30N6O/c1-26(2)18-7-5-6-15(14-18)20(28)23-16-8-10-17(11-9-16)24-21-22-13-12-19(25-21)27(3)4/h5-7,12-14,16-17H,8-11H2,1-4H3,(H,23,28)(H,22,24,25). The molecule has 3 rings (SSSR count). The zero-order valence-electron chi connectivity index (χ0n) is 17.1. The maximum atomic E-state index is 12.6. The Morgan fingerprint density at radius 1 is 1.00 bits per heavy atom. The number of aromatic nitrogens is 2. The number of benzene rings is 1. The molecule has 2 N–H and O–H groups in total. The van der Waals surface area contributed by atoms with Crippen LogP contribution < -0.4 is 20.4 Å². The van der Waals surface area contributed by atoms with E-state index in [1.807, 2.05) is 68.3 Å². The van der Waals surface area contributed by atoms with Crippen molar-refractivity contribution in [1.29, 1.82) is 0 Å². The van der Waals surface area contributed by atoms with Crippen molar-refractivity contribution in [2.45, 2.75) is 37.8 Å². The van der Waals surface area contributed by atoms with Gasteiger partial charge in [0.25, 0.3) is 5.91 Å². The van der Waals surface area contributed by atoms with Gasteiger partial charge in [0, 0.05) is 57.7 Å². The minimum Gasteiger partial charge on any atom is -0.378 e. The zero-order chi connectivity index (χ0) is 20.1. The fraction of sp³-hybridized carbons (Fsp3) is 0.476. The van der Waals surface area contributed by atoms with Gasteiger partial charge >= 0.3 is 0 Å². The highest BCUT2D eigenvalue weighted by molar-refractivity contribution is 5.95. The lowest BCUT2D eigenvalue weighted by Crippen LogP contribution is -2.40. The van der Waals surface area contributed by atoms with Crippen LogP contribution in [0.5, 0.6) is 0 Å². The molecule has 0 aliphatic heterocycles. The molecular weight excluding hydrogens is 352 g/mol. The average Bonchev–Trinajstić information content (AvgIpc) is 2.69. The number of anilines is 3. The lowest BCUT2D eigenvalue weighted by molar-refractivity contribution is 0.0926. The van der Waals surface area contributed by atoms with Crippen molar-refractivity contribution in [3.8, 4) is 0 Å². The Morgan fingerprint density at radius 2 is 1.71 bits per heavy atom. The van der Waals surface area contributed by atoms with Crippen LogP contribution >= 0.6 is 0 Å². The molecule has 1 fully saturated rings. The van der Waals surface area contributed by atoms with Crippen LogP contribution in [0.4, 0.5) is 17.5 Å². The van der Waals surface area contributed by atoms with Crippen LogP contribution in [-0.4, -0.2) is 56.1 Å². The van der Waals surface area contributed by atoms with Crippen molar-refractivity contribution < 1.29 is 4.79 Å². The van der Waals surface area contributed by atoms with Crippen LogP contribution in [-0.2, 0) is 0 Å². The number of nitrogens with one attached hydrogen (secondary N) is 2. The first-order valence-corrected chi connectivity index (χ1v) is 9.77. The molecule has 0 bridgehead atoms. The van der Waals surface area contributed by atoms with Gasteiger partial charge in [0.1, 0.15) is 5.82 Å². The molecule has 0 radical (unpaired) electrons. The van der Waals surface area contributed by atoms with Gasteiger partial charge in [0.15, 0.2) is 0 Å². The number of rotatable bonds is 6. The van der Waals surface area contributed by atoms with Gasteiger partial charge in [-0.05, 0) is 49.9 Å². The highest BCUT2D eigenvalue weighted by Gasteiger charge is 2.23. The summed E-state index contributed by atoms with van der Waals surface area (Å²) < 4.78 is 0. The summed E-state index contributed by atoms with van der Waals surface area (Å²) in [7, 11) is 7.88. The van der Waals surface area contributed by atoms with E-state index in [4.69, 9.17) is 0 Å². The van der Waals surface area contributed by atoms with E-state index in [0.717, 1.165) is 37.2 Å². The SMILES string of the molecule is CN(C)c1cccc(C(=O)NC2CCC(Nc3nccc(N(C)C)n3)CC2)c1. The summed E-state index contributed by atoms with van der Waals surface area (Å²) in [6.45, 7) is 0. The first kappa shape index (κ1) is 19.9. The van der Waals surface area contributed by atoms with Gasteiger partial charge in [0.2, 0.25) is 5.95 Å². The molecule has 1 heterocycles. The number of nitrogens with zero attached hydrogens (tertiary/aromatic N) is 4. The maximum absolute atomic E-state index is 12.6. The molecule has 1 aromatic carbocycles. The summed E-state index contributed by atoms with van der Waals surface area (Å²) in [4.78, 5) is 25.4. The molecule has 150 valence electrons. The van der Waals surface area contributed by atoms with E-state index in [-0.39, 0.29) is 11.9 Å². The average molecular weight is 383 g/mol. The summed E-state index contributed by atoms with van der Waals surface area (Å²) in [5.41, 5.74) is 1.74. The van der Waals surface area contributed by atoms with Gasteiger partial charge in [-0.2, -0.15) is 4.98 Å². The van der Waals surface area contributed by atoms with Crippen molar-refractivity contribution in [3.63, 3.8) is 0 Å². The maximum Gasteiger partial charge on any atom is 0.251 e. The molecular formula is C21H30N6O. The van der Waals surface area contributed by atoms with Gasteiger partial charge in [-0.1, -0.05) is 6.07 Å². The summed E-state index contributed by atoms with van der Waals surface area (Å²) >= 11 is 0. The van der Waals surface area contributed by atoms with Gasteiger partial charge in [-0.25, -0.2) is 4.98 Å². The molecule has 1 saturated carbocycles. The molecule has 1 aliphatic carbocycles. The van der Waals surface area contributed by atoms with Crippen LogP contribution in [0, 0.1) is 0 Å². The van der Waals surface area contributed by atoms with E-state index in [0.29, 0.717) is 17.6 Å². The number of hydrogen-bond acceptors (Lipinski definition) is 6. The number of carbonyl (C=O) groups excluding carboxylic acids is 1. The molecule has 0 spiro atoms. The molecule has 28 heavy (non-hydrogen) atoms. The third-order valence-electron chi connectivity index (χ3n) is 5.12. The number of hydrogen-bond donors (Lipinski definition) is 2. The van der Waals surface area contributed by atoms with Crippen molar-refractivity contribution >= 4 is 23.4 Å². The third kappa shape index (κ3) is 5.12. The van der Waals surface area contributed by atoms with Crippen LogP contribution in [0.25, 0.3) is 0 Å². The van der Waals surface area contributed by atoms with Gasteiger partial charge in [-0.3, -0.25) is 4.79 Å². The van der Waals surface area contributed by atoms with Crippen LogP contribution in [0.2, 0.25) is 0 Å². The quantitative estimate of drug-likeness (QED) is 0.800. The van der Waals surface area contributed by atoms with Crippen molar-refractivity contribution in [2.75, 3.05) is 43.3 Å². The van der Waals surface area contributed by atoms with Crippen molar-refractivity contribution in [3.05, 3.63) is 42.1 Å². The van der Waals surface area contributed by atoms with Gasteiger partial charge < -0.3 is 20.4 Å². The first-order chi connectivity index (χ1) is 13.4. The topological polar surface area (TPSA) is 73.4 Å². The van der Waals surface area contributed by atoms with Crippen molar-refractivity contribution in [2.24, 2.45) is 0 Å². The Labute approximate surface area is 167 Å². The van der Waals surface area contributed by atoms with Crippen LogP contribution in [0.15, 0.2) is 36.5 Å². The molecule has 1 amide bonds. The van der Waals surface area contributed by atoms with E-state index < -0.39 is 0 Å². The van der Waals surface area contributed by atoms with Crippen LogP contribution in [0.3, 0.4) is 0 Å². The van der Waals surface area contributed by atoms with Crippen LogP contribution in [0.1, 0.15) is 36.0 Å². The Bertz CT molecular complexity index is 799. The third-order valence-corrected chi connectivity index (χ3v) is 5.12. The first-order valence-electron chi connectivity index (χ1n) is 9.77. The summed E-state index contributed by atoms with van der Waals surface area (Å²) in [6, 6.07) is 10.2. The molecule has 0 atom stereocenters. The Morgan fingerprint density at radius 3 is 2.39 bits per heavy atom. The van der Waals surface area contributed by atoms with E-state index in [1.165, 1.54) is 0 Å². The van der Waals surface area contributed by atoms with E-state index in [2.05, 4.69) is 20.6 Å². The summed E-state index contributed by atoms with van der Waals surface area (Å²) in [5, 5.41) is 6.62. The predicted molar refractivity (Wildman–Crippen MR) is 114 cm³/mol. The molecule has 7 nitrogen and oxygen atoms in total. The summed E-state index contributed by atoms with van der Waals surface area (Å²) in [6.07, 6.45) is 5.64. The number of carbonyl (C=O) groups is 1. The molecule has 1 aliphatic rings. The van der Waals surface area contributed by atoms with Gasteiger partial charge in [0.05, 0.1) is 0 Å². The second-order valence-electron chi connectivity index (χ2n) is 7.74. The molecule has 7 heteroatoms. The van der Waals surface area contributed by atoms with E-state index in [9.17, 15) is 4.79 Å². The zero-order valence-corrected chi connectivity index (χ0v) is 17.1. The smallest absolute Gasteiger partial charge is 0.251 e. The number of amides is 1. The lowest BCUT2D eigenvalue weighted by atomic mass is 9.91. The monoisotopic (exact) mass is 382 g/mol. The Kier molecular flexibility index (Phi) is 6.34. The van der Waals surface area contributed by atoms with E-state index >= 15 is 0 Å². The normalized spacial score (nSPS) is 19.0. The fourth-order valence-electron chi connectivity index (χ4n) is 3.43. The largest absolute Gasteiger partial charge is 0.378 e. The highest BCUT2D eigenvalue weighted by Crippen LogP contribution is 2.22. The Hall–Kier alpha value is -2.83. The van der Waals surface area contributed by atoms with Crippen molar-refractivity contribution in [1.82, 2.24) is 15.3 Å². The second kappa shape index (κ2) is 8.91.